The number of anilines is 1. The first kappa shape index (κ1) is 9.92. The predicted molar refractivity (Wildman–Crippen MR) is 57.7 cm³/mol. The van der Waals surface area contributed by atoms with E-state index in [0.717, 1.165) is 5.82 Å². The van der Waals surface area contributed by atoms with Crippen LogP contribution in [0.25, 0.3) is 0 Å². The molecule has 2 aromatic heterocycles. The van der Waals surface area contributed by atoms with Crippen molar-refractivity contribution in [2.45, 2.75) is 13.0 Å². The van der Waals surface area contributed by atoms with Crippen molar-refractivity contribution in [3.8, 4) is 0 Å². The molecule has 0 aliphatic heterocycles. The maximum absolute atomic E-state index is 5.63. The zero-order chi connectivity index (χ0) is 10.7. The molecule has 78 valence electrons. The Morgan fingerprint density at radius 2 is 2.20 bits per heavy atom. The van der Waals surface area contributed by atoms with Crippen molar-refractivity contribution in [3.63, 3.8) is 0 Å². The first-order valence-electron chi connectivity index (χ1n) is 4.49. The maximum Gasteiger partial charge on any atom is 0.147 e. The lowest BCUT2D eigenvalue weighted by atomic mass is 10.3. The average Bonchev–Trinajstić information content (AvgIpc) is 2.74. The van der Waals surface area contributed by atoms with Crippen LogP contribution in [0.4, 0.5) is 5.82 Å². The van der Waals surface area contributed by atoms with Gasteiger partial charge in [-0.2, -0.15) is 0 Å². The molecule has 2 aromatic rings. The van der Waals surface area contributed by atoms with E-state index in [0.29, 0.717) is 11.0 Å². The number of hydrogen-bond donors (Lipinski definition) is 2. The van der Waals surface area contributed by atoms with E-state index < -0.39 is 0 Å². The second kappa shape index (κ2) is 4.27. The molecule has 2 rings (SSSR count). The van der Waals surface area contributed by atoms with Gasteiger partial charge in [0.2, 0.25) is 0 Å². The minimum Gasteiger partial charge on any atom is -0.359 e. The Kier molecular flexibility index (Phi) is 2.82. The first-order chi connectivity index (χ1) is 7.25. The third-order valence-corrected chi connectivity index (χ3v) is 2.11. The standard InChI is InChI=1S/C9H10ClN5/c1-6(9-11-2-3-12-9)15-8-5-13-7(10)4-14-8/h2-6H,1H3,(H,11,12)(H,14,15). The molecule has 0 saturated carbocycles. The van der Waals surface area contributed by atoms with Crippen LogP contribution >= 0.6 is 11.6 Å². The highest BCUT2D eigenvalue weighted by molar-refractivity contribution is 6.29. The first-order valence-corrected chi connectivity index (χ1v) is 4.87. The number of aromatic amines is 1. The molecular weight excluding hydrogens is 214 g/mol. The number of rotatable bonds is 3. The molecule has 0 fully saturated rings. The minimum absolute atomic E-state index is 0.0514. The third kappa shape index (κ3) is 2.44. The molecule has 0 aliphatic rings. The second-order valence-corrected chi connectivity index (χ2v) is 3.45. The van der Waals surface area contributed by atoms with Crippen molar-refractivity contribution in [3.05, 3.63) is 35.8 Å². The van der Waals surface area contributed by atoms with Gasteiger partial charge >= 0.3 is 0 Å². The molecule has 0 radical (unpaired) electrons. The van der Waals surface area contributed by atoms with Gasteiger partial charge in [-0.05, 0) is 6.92 Å². The number of aromatic nitrogens is 4. The van der Waals surface area contributed by atoms with Crippen LogP contribution in [-0.2, 0) is 0 Å². The van der Waals surface area contributed by atoms with Crippen LogP contribution in [0, 0.1) is 0 Å². The van der Waals surface area contributed by atoms with Crippen LogP contribution in [0.2, 0.25) is 5.15 Å². The topological polar surface area (TPSA) is 66.5 Å². The molecule has 0 aliphatic carbocycles. The zero-order valence-electron chi connectivity index (χ0n) is 8.11. The van der Waals surface area contributed by atoms with Gasteiger partial charge in [0.25, 0.3) is 0 Å². The SMILES string of the molecule is CC(Nc1cnc(Cl)cn1)c1ncc[nH]1. The van der Waals surface area contributed by atoms with Crippen molar-refractivity contribution < 1.29 is 0 Å². The van der Waals surface area contributed by atoms with Crippen LogP contribution in [0.5, 0.6) is 0 Å². The lowest BCUT2D eigenvalue weighted by Gasteiger charge is -2.11. The van der Waals surface area contributed by atoms with Crippen molar-refractivity contribution in [2.24, 2.45) is 0 Å². The van der Waals surface area contributed by atoms with Crippen LogP contribution in [0.1, 0.15) is 18.8 Å². The Morgan fingerprint density at radius 3 is 2.80 bits per heavy atom. The maximum atomic E-state index is 5.63. The van der Waals surface area contributed by atoms with E-state index in [2.05, 4.69) is 25.3 Å². The Bertz CT molecular complexity index is 411. The van der Waals surface area contributed by atoms with E-state index in [1.807, 2.05) is 6.92 Å². The summed E-state index contributed by atoms with van der Waals surface area (Å²) >= 11 is 5.63. The smallest absolute Gasteiger partial charge is 0.147 e. The van der Waals surface area contributed by atoms with E-state index in [9.17, 15) is 0 Å². The largest absolute Gasteiger partial charge is 0.359 e. The highest BCUT2D eigenvalue weighted by Crippen LogP contribution is 2.13. The minimum atomic E-state index is 0.0514. The fourth-order valence-electron chi connectivity index (χ4n) is 1.19. The molecular formula is C9H10ClN5. The molecule has 1 atom stereocenters. The normalized spacial score (nSPS) is 12.4. The van der Waals surface area contributed by atoms with E-state index in [4.69, 9.17) is 11.6 Å². The van der Waals surface area contributed by atoms with Crippen LogP contribution in [-0.4, -0.2) is 19.9 Å². The molecule has 6 heteroatoms. The quantitative estimate of drug-likeness (QED) is 0.836. The van der Waals surface area contributed by atoms with Gasteiger partial charge in [0.1, 0.15) is 16.8 Å². The van der Waals surface area contributed by atoms with Gasteiger partial charge in [-0.25, -0.2) is 15.0 Å². The monoisotopic (exact) mass is 223 g/mol. The number of H-pyrrole nitrogens is 1. The summed E-state index contributed by atoms with van der Waals surface area (Å²) in [5.41, 5.74) is 0. The van der Waals surface area contributed by atoms with E-state index in [1.54, 1.807) is 18.6 Å². The Morgan fingerprint density at radius 1 is 1.33 bits per heavy atom. The van der Waals surface area contributed by atoms with Crippen LogP contribution in [0.3, 0.4) is 0 Å². The predicted octanol–water partition coefficient (Wildman–Crippen LogP) is 2.03. The van der Waals surface area contributed by atoms with Gasteiger partial charge in [-0.1, -0.05) is 11.6 Å². The molecule has 0 amide bonds. The fraction of sp³-hybridized carbons (Fsp3) is 0.222. The Labute approximate surface area is 91.9 Å². The van der Waals surface area contributed by atoms with E-state index in [1.165, 1.54) is 6.20 Å². The highest BCUT2D eigenvalue weighted by atomic mass is 35.5. The lowest BCUT2D eigenvalue weighted by molar-refractivity contribution is 0.802. The number of nitrogens with zero attached hydrogens (tertiary/aromatic N) is 3. The Balaban J connectivity index is 2.06. The van der Waals surface area contributed by atoms with Crippen LogP contribution in [0.15, 0.2) is 24.8 Å². The van der Waals surface area contributed by atoms with E-state index >= 15 is 0 Å². The molecule has 1 unspecified atom stereocenters. The van der Waals surface area contributed by atoms with Gasteiger partial charge in [0.05, 0.1) is 18.4 Å². The van der Waals surface area contributed by atoms with Crippen molar-refractivity contribution >= 4 is 17.4 Å². The third-order valence-electron chi connectivity index (χ3n) is 1.91. The summed E-state index contributed by atoms with van der Waals surface area (Å²) in [6, 6.07) is 0.0514. The second-order valence-electron chi connectivity index (χ2n) is 3.06. The summed E-state index contributed by atoms with van der Waals surface area (Å²) < 4.78 is 0. The summed E-state index contributed by atoms with van der Waals surface area (Å²) in [6.07, 6.45) is 6.57. The fourth-order valence-corrected chi connectivity index (χ4v) is 1.29. The number of hydrogen-bond acceptors (Lipinski definition) is 4. The summed E-state index contributed by atoms with van der Waals surface area (Å²) in [7, 11) is 0. The van der Waals surface area contributed by atoms with Crippen molar-refractivity contribution in [1.82, 2.24) is 19.9 Å². The van der Waals surface area contributed by atoms with E-state index in [-0.39, 0.29) is 6.04 Å². The summed E-state index contributed by atoms with van der Waals surface area (Å²) in [5, 5.41) is 3.53. The number of imidazole rings is 1. The average molecular weight is 224 g/mol. The van der Waals surface area contributed by atoms with Gasteiger partial charge in [0, 0.05) is 12.4 Å². The zero-order valence-corrected chi connectivity index (χ0v) is 8.86. The van der Waals surface area contributed by atoms with Crippen LogP contribution < -0.4 is 5.32 Å². The highest BCUT2D eigenvalue weighted by Gasteiger charge is 2.07. The molecule has 5 nitrogen and oxygen atoms in total. The molecule has 2 N–H and O–H groups in total. The van der Waals surface area contributed by atoms with Crippen molar-refractivity contribution in [2.75, 3.05) is 5.32 Å². The molecule has 0 saturated heterocycles. The molecule has 0 bridgehead atoms. The summed E-state index contributed by atoms with van der Waals surface area (Å²) in [6.45, 7) is 1.98. The van der Waals surface area contributed by atoms with Gasteiger partial charge < -0.3 is 10.3 Å². The summed E-state index contributed by atoms with van der Waals surface area (Å²) in [5.74, 6) is 1.52. The Hall–Kier alpha value is -1.62. The van der Waals surface area contributed by atoms with Gasteiger partial charge in [0.15, 0.2) is 0 Å². The molecule has 15 heavy (non-hydrogen) atoms. The van der Waals surface area contributed by atoms with Crippen molar-refractivity contribution in [1.29, 1.82) is 0 Å². The number of nitrogens with one attached hydrogen (secondary N) is 2. The summed E-state index contributed by atoms with van der Waals surface area (Å²) in [4.78, 5) is 15.2. The van der Waals surface area contributed by atoms with Gasteiger partial charge in [-0.3, -0.25) is 0 Å². The molecule has 0 aromatic carbocycles. The molecule has 0 spiro atoms. The molecule has 2 heterocycles. The lowest BCUT2D eigenvalue weighted by Crippen LogP contribution is -2.09. The van der Waals surface area contributed by atoms with Gasteiger partial charge in [-0.15, -0.1) is 0 Å². The number of halogens is 1.